The van der Waals surface area contributed by atoms with Crippen LogP contribution in [-0.2, 0) is 4.79 Å². The van der Waals surface area contributed by atoms with Crippen LogP contribution in [0.25, 0.3) is 0 Å². The Morgan fingerprint density at radius 3 is 2.48 bits per heavy atom. The molecule has 0 radical (unpaired) electrons. The summed E-state index contributed by atoms with van der Waals surface area (Å²) in [4.78, 5) is 15.7. The topological polar surface area (TPSA) is 70.9 Å². The van der Waals surface area contributed by atoms with Gasteiger partial charge in [-0.25, -0.2) is 0 Å². The number of amides is 1. The molecule has 0 aliphatic rings. The zero-order valence-electron chi connectivity index (χ0n) is 11.6. The molecule has 108 valence electrons. The average Bonchev–Trinajstić information content (AvgIpc) is 2.54. The number of benzene rings is 2. The number of nitrogens with one attached hydrogen (secondary N) is 1. The third-order valence-electron chi connectivity index (χ3n) is 2.78. The Kier molecular flexibility index (Phi) is 5.06. The first-order chi connectivity index (χ1) is 10.3. The fraction of sp³-hybridized carbons (Fsp3) is 0.125. The monoisotopic (exact) mass is 284 g/mol. The Labute approximate surface area is 122 Å². The van der Waals surface area contributed by atoms with Gasteiger partial charge >= 0.3 is 0 Å². The van der Waals surface area contributed by atoms with Crippen molar-refractivity contribution in [2.75, 3.05) is 13.8 Å². The van der Waals surface area contributed by atoms with Crippen LogP contribution in [0.5, 0.6) is 11.5 Å². The van der Waals surface area contributed by atoms with Crippen molar-refractivity contribution >= 4 is 11.6 Å². The molecule has 0 heterocycles. The summed E-state index contributed by atoms with van der Waals surface area (Å²) in [7, 11) is 1.51. The maximum atomic E-state index is 11.9. The van der Waals surface area contributed by atoms with Crippen molar-refractivity contribution < 1.29 is 14.6 Å². The van der Waals surface area contributed by atoms with E-state index in [-0.39, 0.29) is 11.6 Å². The molecule has 0 aliphatic carbocycles. The lowest BCUT2D eigenvalue weighted by Gasteiger charge is -2.12. The highest BCUT2D eigenvalue weighted by molar-refractivity contribution is 6.45. The average molecular weight is 284 g/mol. The molecule has 5 heteroatoms. The van der Waals surface area contributed by atoms with Crippen molar-refractivity contribution in [2.24, 2.45) is 4.99 Å². The molecular formula is C16H16N2O3. The zero-order valence-corrected chi connectivity index (χ0v) is 11.6. The summed E-state index contributed by atoms with van der Waals surface area (Å²) in [5.41, 5.74) is 0.654. The number of para-hydroxylation sites is 2. The van der Waals surface area contributed by atoms with Crippen LogP contribution in [0.1, 0.15) is 5.56 Å². The second-order valence-electron chi connectivity index (χ2n) is 4.14. The van der Waals surface area contributed by atoms with Crippen LogP contribution < -0.4 is 10.1 Å². The molecular weight excluding hydrogens is 268 g/mol. The molecule has 21 heavy (non-hydrogen) atoms. The van der Waals surface area contributed by atoms with Crippen molar-refractivity contribution in [3.8, 4) is 11.5 Å². The van der Waals surface area contributed by atoms with Gasteiger partial charge in [-0.1, -0.05) is 30.3 Å². The second-order valence-corrected chi connectivity index (χ2v) is 4.14. The Hall–Kier alpha value is -2.66. The first-order valence-corrected chi connectivity index (χ1v) is 6.46. The van der Waals surface area contributed by atoms with E-state index < -0.39 is 6.73 Å². The van der Waals surface area contributed by atoms with Gasteiger partial charge in [-0.15, -0.1) is 0 Å². The zero-order chi connectivity index (χ0) is 15.1. The standard InChI is InChI=1S/C16H16N2O3/c1-17-16(20)15(18-11-19)13-9-5-6-10-14(13)21-12-7-3-2-4-8-12/h2-10,19H,11H2,1H3,(H,17,20)/b18-15+. The van der Waals surface area contributed by atoms with E-state index in [0.29, 0.717) is 17.1 Å². The summed E-state index contributed by atoms with van der Waals surface area (Å²) in [6.07, 6.45) is 0. The minimum Gasteiger partial charge on any atom is -0.457 e. The predicted molar refractivity (Wildman–Crippen MR) is 80.6 cm³/mol. The lowest BCUT2D eigenvalue weighted by Crippen LogP contribution is -2.29. The summed E-state index contributed by atoms with van der Waals surface area (Å²) >= 11 is 0. The third kappa shape index (κ3) is 3.67. The van der Waals surface area contributed by atoms with E-state index in [4.69, 9.17) is 9.84 Å². The van der Waals surface area contributed by atoms with Gasteiger partial charge in [0.2, 0.25) is 0 Å². The van der Waals surface area contributed by atoms with Crippen LogP contribution in [0.4, 0.5) is 0 Å². The molecule has 0 aliphatic heterocycles. The molecule has 2 rings (SSSR count). The molecule has 0 saturated heterocycles. The number of hydrogen-bond acceptors (Lipinski definition) is 4. The lowest BCUT2D eigenvalue weighted by atomic mass is 10.1. The van der Waals surface area contributed by atoms with Crippen molar-refractivity contribution in [2.45, 2.75) is 0 Å². The normalized spacial score (nSPS) is 11.0. The van der Waals surface area contributed by atoms with Crippen LogP contribution in [0.15, 0.2) is 59.6 Å². The van der Waals surface area contributed by atoms with Crippen LogP contribution in [0.2, 0.25) is 0 Å². The van der Waals surface area contributed by atoms with Crippen molar-refractivity contribution in [3.05, 3.63) is 60.2 Å². The van der Waals surface area contributed by atoms with E-state index in [1.54, 1.807) is 18.2 Å². The summed E-state index contributed by atoms with van der Waals surface area (Å²) in [6, 6.07) is 16.3. The van der Waals surface area contributed by atoms with E-state index in [2.05, 4.69) is 10.3 Å². The molecule has 0 spiro atoms. The number of rotatable bonds is 5. The van der Waals surface area contributed by atoms with Gasteiger partial charge in [-0.2, -0.15) is 0 Å². The molecule has 0 fully saturated rings. The fourth-order valence-corrected chi connectivity index (χ4v) is 1.84. The minimum atomic E-state index is -0.470. The van der Waals surface area contributed by atoms with Gasteiger partial charge in [-0.05, 0) is 24.3 Å². The van der Waals surface area contributed by atoms with Crippen LogP contribution in [0.3, 0.4) is 0 Å². The Balaban J connectivity index is 2.40. The number of ether oxygens (including phenoxy) is 1. The van der Waals surface area contributed by atoms with Gasteiger partial charge in [0.25, 0.3) is 5.91 Å². The molecule has 0 atom stereocenters. The number of aliphatic hydroxyl groups is 1. The van der Waals surface area contributed by atoms with E-state index in [0.717, 1.165) is 0 Å². The molecule has 0 bridgehead atoms. The number of hydrogen-bond donors (Lipinski definition) is 2. The highest BCUT2D eigenvalue weighted by Crippen LogP contribution is 2.25. The van der Waals surface area contributed by atoms with Gasteiger partial charge in [0.1, 0.15) is 23.9 Å². The largest absolute Gasteiger partial charge is 0.457 e. The molecule has 2 aromatic rings. The summed E-state index contributed by atoms with van der Waals surface area (Å²) < 4.78 is 5.79. The summed E-state index contributed by atoms with van der Waals surface area (Å²) in [6.45, 7) is -0.470. The maximum Gasteiger partial charge on any atom is 0.270 e. The number of likely N-dealkylation sites (N-methyl/N-ethyl adjacent to an activating group) is 1. The van der Waals surface area contributed by atoms with Gasteiger partial charge in [0.15, 0.2) is 0 Å². The molecule has 1 amide bonds. The predicted octanol–water partition coefficient (Wildman–Crippen LogP) is 1.96. The number of aliphatic hydroxyl groups excluding tert-OH is 1. The van der Waals surface area contributed by atoms with Crippen molar-refractivity contribution in [1.82, 2.24) is 5.32 Å². The third-order valence-corrected chi connectivity index (χ3v) is 2.78. The van der Waals surface area contributed by atoms with Crippen molar-refractivity contribution in [3.63, 3.8) is 0 Å². The molecule has 2 N–H and O–H groups in total. The summed E-state index contributed by atoms with van der Waals surface area (Å²) in [5, 5.41) is 11.5. The van der Waals surface area contributed by atoms with Crippen LogP contribution in [-0.4, -0.2) is 30.5 Å². The van der Waals surface area contributed by atoms with Gasteiger partial charge < -0.3 is 15.2 Å². The van der Waals surface area contributed by atoms with E-state index in [1.807, 2.05) is 36.4 Å². The van der Waals surface area contributed by atoms with Crippen LogP contribution in [0, 0.1) is 0 Å². The van der Waals surface area contributed by atoms with E-state index >= 15 is 0 Å². The molecule has 0 aromatic heterocycles. The lowest BCUT2D eigenvalue weighted by molar-refractivity contribution is -0.114. The van der Waals surface area contributed by atoms with Crippen LogP contribution >= 0.6 is 0 Å². The molecule has 5 nitrogen and oxygen atoms in total. The Morgan fingerprint density at radius 2 is 1.81 bits per heavy atom. The van der Waals surface area contributed by atoms with Gasteiger partial charge in [0, 0.05) is 12.6 Å². The van der Waals surface area contributed by atoms with Gasteiger partial charge in [-0.3, -0.25) is 9.79 Å². The summed E-state index contributed by atoms with van der Waals surface area (Å²) in [5.74, 6) is 0.776. The molecule has 0 saturated carbocycles. The number of carbonyl (C=O) groups excluding carboxylic acids is 1. The first kappa shape index (κ1) is 14.7. The molecule has 0 unspecified atom stereocenters. The second kappa shape index (κ2) is 7.21. The van der Waals surface area contributed by atoms with E-state index in [1.165, 1.54) is 7.05 Å². The fourth-order valence-electron chi connectivity index (χ4n) is 1.84. The smallest absolute Gasteiger partial charge is 0.270 e. The SMILES string of the molecule is CNC(=O)/C(=N/CO)c1ccccc1Oc1ccccc1. The highest BCUT2D eigenvalue weighted by Gasteiger charge is 2.17. The number of carbonyl (C=O) groups is 1. The van der Waals surface area contributed by atoms with Gasteiger partial charge in [0.05, 0.1) is 0 Å². The highest BCUT2D eigenvalue weighted by atomic mass is 16.5. The number of aliphatic imine (C=N–C) groups is 1. The Morgan fingerprint density at radius 1 is 1.14 bits per heavy atom. The van der Waals surface area contributed by atoms with E-state index in [9.17, 15) is 4.79 Å². The first-order valence-electron chi connectivity index (χ1n) is 6.46. The molecule has 2 aromatic carbocycles. The van der Waals surface area contributed by atoms with Crippen molar-refractivity contribution in [1.29, 1.82) is 0 Å². The maximum absolute atomic E-state index is 11.9. The number of nitrogens with zero attached hydrogens (tertiary/aromatic N) is 1. The quantitative estimate of drug-likeness (QED) is 0.825. The Bertz CT molecular complexity index is 639. The minimum absolute atomic E-state index is 0.131.